The van der Waals surface area contributed by atoms with E-state index < -0.39 is 12.1 Å². The molecule has 0 heterocycles. The van der Waals surface area contributed by atoms with E-state index in [2.05, 4.69) is 10.6 Å². The number of hydrogen-bond donors (Lipinski definition) is 3. The highest BCUT2D eigenvalue weighted by Crippen LogP contribution is 2.20. The van der Waals surface area contributed by atoms with Crippen LogP contribution in [-0.4, -0.2) is 31.8 Å². The Morgan fingerprint density at radius 3 is 2.43 bits per heavy atom. The van der Waals surface area contributed by atoms with Crippen molar-refractivity contribution in [3.05, 3.63) is 59.1 Å². The molecule has 3 N–H and O–H groups in total. The van der Waals surface area contributed by atoms with Gasteiger partial charge in [-0.1, -0.05) is 35.9 Å². The van der Waals surface area contributed by atoms with Crippen molar-refractivity contribution in [2.75, 3.05) is 30.9 Å². The van der Waals surface area contributed by atoms with Gasteiger partial charge >= 0.3 is 6.03 Å². The molecule has 0 aliphatic heterocycles. The van der Waals surface area contributed by atoms with Crippen molar-refractivity contribution >= 4 is 29.0 Å². The highest BCUT2D eigenvalue weighted by Gasteiger charge is 2.10. The topological polar surface area (TPSA) is 64.6 Å². The number of amides is 2. The van der Waals surface area contributed by atoms with Crippen molar-refractivity contribution in [2.45, 2.75) is 6.10 Å². The second kappa shape index (κ2) is 7.85. The number of aliphatic hydroxyl groups is 1. The molecule has 2 aromatic carbocycles. The fraction of sp³-hybridized carbons (Fsp3) is 0.235. The summed E-state index contributed by atoms with van der Waals surface area (Å²) in [5.41, 5.74) is 2.32. The van der Waals surface area contributed by atoms with Gasteiger partial charge in [0.25, 0.3) is 0 Å². The van der Waals surface area contributed by atoms with E-state index in [-0.39, 0.29) is 6.54 Å². The van der Waals surface area contributed by atoms with Crippen LogP contribution in [0.3, 0.4) is 0 Å². The number of urea groups is 1. The third-order valence-corrected chi connectivity index (χ3v) is 3.70. The van der Waals surface area contributed by atoms with Crippen LogP contribution in [0.25, 0.3) is 0 Å². The van der Waals surface area contributed by atoms with Crippen LogP contribution in [0.2, 0.25) is 5.02 Å². The second-order valence-corrected chi connectivity index (χ2v) is 5.72. The summed E-state index contributed by atoms with van der Waals surface area (Å²) in [5.74, 6) is 0. The lowest BCUT2D eigenvalue weighted by Gasteiger charge is -2.16. The maximum absolute atomic E-state index is 11.8. The molecule has 2 amide bonds. The van der Waals surface area contributed by atoms with Crippen LogP contribution < -0.4 is 15.5 Å². The second-order valence-electron chi connectivity index (χ2n) is 5.32. The lowest BCUT2D eigenvalue weighted by Crippen LogP contribution is -2.32. The molecule has 0 saturated heterocycles. The average molecular weight is 334 g/mol. The number of nitrogens with one attached hydrogen (secondary N) is 2. The summed E-state index contributed by atoms with van der Waals surface area (Å²) < 4.78 is 0. The van der Waals surface area contributed by atoms with Crippen molar-refractivity contribution in [2.24, 2.45) is 0 Å². The van der Waals surface area contributed by atoms with Gasteiger partial charge in [0, 0.05) is 26.3 Å². The Labute approximate surface area is 140 Å². The summed E-state index contributed by atoms with van der Waals surface area (Å²) in [4.78, 5) is 13.8. The minimum absolute atomic E-state index is 0.109. The summed E-state index contributed by atoms with van der Waals surface area (Å²) in [7, 11) is 3.90. The third kappa shape index (κ3) is 4.87. The molecule has 0 aliphatic rings. The van der Waals surface area contributed by atoms with Crippen LogP contribution >= 0.6 is 11.6 Å². The zero-order chi connectivity index (χ0) is 16.8. The van der Waals surface area contributed by atoms with Gasteiger partial charge in [-0.15, -0.1) is 0 Å². The van der Waals surface area contributed by atoms with Gasteiger partial charge in [0.2, 0.25) is 0 Å². The van der Waals surface area contributed by atoms with Gasteiger partial charge in [-0.2, -0.15) is 0 Å². The molecule has 23 heavy (non-hydrogen) atoms. The number of hydrogen-bond acceptors (Lipinski definition) is 3. The molecule has 0 aromatic heterocycles. The van der Waals surface area contributed by atoms with Gasteiger partial charge in [-0.05, 0) is 29.8 Å². The molecule has 0 fully saturated rings. The fourth-order valence-corrected chi connectivity index (χ4v) is 2.21. The van der Waals surface area contributed by atoms with Gasteiger partial charge in [0.15, 0.2) is 0 Å². The largest absolute Gasteiger partial charge is 0.387 e. The molecule has 1 atom stereocenters. The SMILES string of the molecule is CN(C)c1ccc(C(O)CNC(=O)Nc2ccccc2Cl)cc1. The molecular formula is C17H20ClN3O2. The number of carbonyl (C=O) groups excluding carboxylic acids is 1. The summed E-state index contributed by atoms with van der Waals surface area (Å²) >= 11 is 5.97. The summed E-state index contributed by atoms with van der Waals surface area (Å²) in [6.45, 7) is 0.109. The van der Waals surface area contributed by atoms with Gasteiger partial charge in [-0.3, -0.25) is 0 Å². The van der Waals surface area contributed by atoms with E-state index in [0.29, 0.717) is 10.7 Å². The van der Waals surface area contributed by atoms with Gasteiger partial charge in [-0.25, -0.2) is 4.79 Å². The van der Waals surface area contributed by atoms with Crippen molar-refractivity contribution in [3.8, 4) is 0 Å². The minimum Gasteiger partial charge on any atom is -0.387 e. The molecular weight excluding hydrogens is 314 g/mol. The van der Waals surface area contributed by atoms with E-state index >= 15 is 0 Å². The molecule has 0 aliphatic carbocycles. The van der Waals surface area contributed by atoms with E-state index in [4.69, 9.17) is 11.6 Å². The van der Waals surface area contributed by atoms with Crippen LogP contribution in [0.1, 0.15) is 11.7 Å². The minimum atomic E-state index is -0.775. The van der Waals surface area contributed by atoms with Crippen LogP contribution in [0.5, 0.6) is 0 Å². The Morgan fingerprint density at radius 1 is 1.17 bits per heavy atom. The molecule has 5 nitrogen and oxygen atoms in total. The first-order valence-electron chi connectivity index (χ1n) is 7.22. The first-order valence-corrected chi connectivity index (χ1v) is 7.60. The van der Waals surface area contributed by atoms with E-state index in [1.54, 1.807) is 24.3 Å². The molecule has 0 bridgehead atoms. The normalized spacial score (nSPS) is 11.7. The maximum atomic E-state index is 11.8. The number of nitrogens with zero attached hydrogens (tertiary/aromatic N) is 1. The Kier molecular flexibility index (Phi) is 5.84. The fourth-order valence-electron chi connectivity index (χ4n) is 2.03. The van der Waals surface area contributed by atoms with E-state index in [1.165, 1.54) is 0 Å². The van der Waals surface area contributed by atoms with Gasteiger partial charge in [0.05, 0.1) is 16.8 Å². The van der Waals surface area contributed by atoms with E-state index in [9.17, 15) is 9.90 Å². The Balaban J connectivity index is 1.87. The summed E-state index contributed by atoms with van der Waals surface area (Å²) in [6, 6.07) is 14.1. The van der Waals surface area contributed by atoms with Crippen LogP contribution in [0, 0.1) is 0 Å². The number of benzene rings is 2. The molecule has 1 unspecified atom stereocenters. The molecule has 2 aromatic rings. The van der Waals surface area contributed by atoms with Crippen molar-refractivity contribution in [1.29, 1.82) is 0 Å². The van der Waals surface area contributed by atoms with Crippen molar-refractivity contribution < 1.29 is 9.90 Å². The summed E-state index contributed by atoms with van der Waals surface area (Å²) in [6.07, 6.45) is -0.775. The zero-order valence-corrected chi connectivity index (χ0v) is 13.8. The average Bonchev–Trinajstić information content (AvgIpc) is 2.55. The molecule has 0 saturated carbocycles. The highest BCUT2D eigenvalue weighted by atomic mass is 35.5. The van der Waals surface area contributed by atoms with Crippen LogP contribution in [-0.2, 0) is 0 Å². The number of aliphatic hydroxyl groups excluding tert-OH is 1. The first-order chi connectivity index (χ1) is 11.0. The molecule has 2 rings (SSSR count). The number of halogens is 1. The smallest absolute Gasteiger partial charge is 0.319 e. The van der Waals surface area contributed by atoms with E-state index in [0.717, 1.165) is 11.3 Å². The first kappa shape index (κ1) is 17.1. The monoisotopic (exact) mass is 333 g/mol. The molecule has 122 valence electrons. The number of para-hydroxylation sites is 1. The molecule has 0 radical (unpaired) electrons. The van der Waals surface area contributed by atoms with E-state index in [1.807, 2.05) is 43.3 Å². The number of carbonyl (C=O) groups is 1. The van der Waals surface area contributed by atoms with Crippen molar-refractivity contribution in [3.63, 3.8) is 0 Å². The Morgan fingerprint density at radius 2 is 1.83 bits per heavy atom. The highest BCUT2D eigenvalue weighted by molar-refractivity contribution is 6.33. The van der Waals surface area contributed by atoms with Crippen molar-refractivity contribution in [1.82, 2.24) is 5.32 Å². The predicted molar refractivity (Wildman–Crippen MR) is 94.2 cm³/mol. The lowest BCUT2D eigenvalue weighted by molar-refractivity contribution is 0.175. The van der Waals surface area contributed by atoms with Crippen LogP contribution in [0.15, 0.2) is 48.5 Å². The quantitative estimate of drug-likeness (QED) is 0.787. The maximum Gasteiger partial charge on any atom is 0.319 e. The summed E-state index contributed by atoms with van der Waals surface area (Å²) in [5, 5.41) is 15.9. The predicted octanol–water partition coefficient (Wildman–Crippen LogP) is 3.26. The van der Waals surface area contributed by atoms with Gasteiger partial charge in [0.1, 0.15) is 0 Å². The zero-order valence-electron chi connectivity index (χ0n) is 13.1. The number of anilines is 2. The lowest BCUT2D eigenvalue weighted by atomic mass is 10.1. The Hall–Kier alpha value is -2.24. The standard InChI is InChI=1S/C17H20ClN3O2/c1-21(2)13-9-7-12(8-10-13)16(22)11-19-17(23)20-15-6-4-3-5-14(15)18/h3-10,16,22H,11H2,1-2H3,(H2,19,20,23). The molecule has 6 heteroatoms. The van der Waals surface area contributed by atoms with Crippen LogP contribution in [0.4, 0.5) is 16.2 Å². The Bertz CT molecular complexity index is 659. The third-order valence-electron chi connectivity index (χ3n) is 3.37. The number of rotatable bonds is 5. The molecule has 0 spiro atoms. The van der Waals surface area contributed by atoms with Gasteiger partial charge < -0.3 is 20.6 Å².